The summed E-state index contributed by atoms with van der Waals surface area (Å²) in [4.78, 5) is 49.3. The minimum absolute atomic E-state index is 0.0441. The molecule has 0 unspecified atom stereocenters. The molecule has 0 atom stereocenters. The molecule has 6 nitrogen and oxygen atoms in total. The fourth-order valence-corrected chi connectivity index (χ4v) is 3.47. The Labute approximate surface area is 178 Å². The van der Waals surface area contributed by atoms with Crippen LogP contribution in [-0.2, 0) is 9.59 Å². The normalized spacial score (nSPS) is 10.4. The van der Waals surface area contributed by atoms with Crippen molar-refractivity contribution in [3.63, 3.8) is 0 Å². The molecule has 0 radical (unpaired) electrons. The van der Waals surface area contributed by atoms with E-state index in [0.717, 1.165) is 4.88 Å². The van der Waals surface area contributed by atoms with Crippen LogP contribution in [0.3, 0.4) is 0 Å². The fraction of sp³-hybridized carbons (Fsp3) is 0.333. The number of amides is 2. The van der Waals surface area contributed by atoms with Crippen LogP contribution in [0.4, 0.5) is 0 Å². The first kappa shape index (κ1) is 22.8. The van der Waals surface area contributed by atoms with E-state index in [1.165, 1.54) is 11.3 Å². The van der Waals surface area contributed by atoms with Crippen molar-refractivity contribution in [1.82, 2.24) is 10.6 Å². The number of ketones is 2. The van der Waals surface area contributed by atoms with E-state index in [2.05, 4.69) is 10.6 Å². The highest BCUT2D eigenvalue weighted by atomic mass is 35.5. The van der Waals surface area contributed by atoms with Gasteiger partial charge >= 0.3 is 0 Å². The number of carbonyl (C=O) groups excluding carboxylic acids is 4. The predicted octanol–water partition coefficient (Wildman–Crippen LogP) is 3.57. The Morgan fingerprint density at radius 1 is 0.862 bits per heavy atom. The average Bonchev–Trinajstić information content (AvgIpc) is 3.14. The first-order valence-corrected chi connectivity index (χ1v) is 10.5. The van der Waals surface area contributed by atoms with Crippen LogP contribution in [0.5, 0.6) is 0 Å². The maximum atomic E-state index is 12.0. The maximum Gasteiger partial charge on any atom is 0.251 e. The van der Waals surface area contributed by atoms with Crippen molar-refractivity contribution in [3.8, 4) is 0 Å². The number of hydrogen-bond donors (Lipinski definition) is 2. The molecule has 0 aliphatic heterocycles. The molecule has 0 aliphatic rings. The lowest BCUT2D eigenvalue weighted by atomic mass is 10.1. The van der Waals surface area contributed by atoms with Gasteiger partial charge in [0.1, 0.15) is 5.78 Å². The van der Waals surface area contributed by atoms with Crippen molar-refractivity contribution in [2.45, 2.75) is 32.6 Å². The van der Waals surface area contributed by atoms with E-state index in [1.54, 1.807) is 30.3 Å². The van der Waals surface area contributed by atoms with Gasteiger partial charge in [-0.25, -0.2) is 0 Å². The third kappa shape index (κ3) is 8.17. The third-order valence-electron chi connectivity index (χ3n) is 4.12. The lowest BCUT2D eigenvalue weighted by Gasteiger charge is -2.07. The average molecular weight is 435 g/mol. The molecule has 1 aromatic carbocycles. The van der Waals surface area contributed by atoms with Crippen LogP contribution in [0, 0.1) is 6.92 Å². The molecule has 0 saturated carbocycles. The van der Waals surface area contributed by atoms with Crippen molar-refractivity contribution < 1.29 is 19.2 Å². The number of carbonyl (C=O) groups is 4. The summed E-state index contributed by atoms with van der Waals surface area (Å²) in [6, 6.07) is 10.1. The molecule has 1 aromatic heterocycles. The van der Waals surface area contributed by atoms with Gasteiger partial charge in [-0.2, -0.15) is 0 Å². The van der Waals surface area contributed by atoms with Crippen molar-refractivity contribution in [2.24, 2.45) is 0 Å². The van der Waals surface area contributed by atoms with Crippen LogP contribution >= 0.6 is 22.9 Å². The summed E-state index contributed by atoms with van der Waals surface area (Å²) in [5, 5.41) is 5.89. The highest BCUT2D eigenvalue weighted by molar-refractivity contribution is 7.14. The molecule has 0 aliphatic carbocycles. The first-order valence-electron chi connectivity index (χ1n) is 9.27. The minimum Gasteiger partial charge on any atom is -0.354 e. The number of nitrogens with one attached hydrogen (secondary N) is 2. The molecule has 2 rings (SSSR count). The van der Waals surface area contributed by atoms with E-state index in [9.17, 15) is 19.2 Å². The predicted molar refractivity (Wildman–Crippen MR) is 114 cm³/mol. The second kappa shape index (κ2) is 11.5. The summed E-state index contributed by atoms with van der Waals surface area (Å²) in [6.45, 7) is 2.47. The summed E-state index contributed by atoms with van der Waals surface area (Å²) < 4.78 is 0. The van der Waals surface area contributed by atoms with Crippen LogP contribution in [-0.4, -0.2) is 36.5 Å². The fourth-order valence-electron chi connectivity index (χ4n) is 2.51. The lowest BCUT2D eigenvalue weighted by Crippen LogP contribution is -2.34. The molecule has 154 valence electrons. The van der Waals surface area contributed by atoms with Gasteiger partial charge in [-0.05, 0) is 43.3 Å². The van der Waals surface area contributed by atoms with E-state index in [4.69, 9.17) is 11.6 Å². The van der Waals surface area contributed by atoms with Crippen LogP contribution in [0.25, 0.3) is 0 Å². The van der Waals surface area contributed by atoms with Crippen molar-refractivity contribution >= 4 is 46.3 Å². The molecule has 2 N–H and O–H groups in total. The number of aryl methyl sites for hydroxylation is 1. The molecule has 2 aromatic rings. The summed E-state index contributed by atoms with van der Waals surface area (Å²) in [5.41, 5.74) is 0.485. The minimum atomic E-state index is -0.265. The van der Waals surface area contributed by atoms with Crippen molar-refractivity contribution in [2.75, 3.05) is 13.1 Å². The Hall–Kier alpha value is -2.51. The van der Waals surface area contributed by atoms with E-state index < -0.39 is 0 Å². The van der Waals surface area contributed by atoms with Gasteiger partial charge in [-0.15, -0.1) is 11.3 Å². The van der Waals surface area contributed by atoms with Crippen LogP contribution in [0.1, 0.15) is 50.6 Å². The smallest absolute Gasteiger partial charge is 0.251 e. The number of halogens is 1. The van der Waals surface area contributed by atoms with Crippen molar-refractivity contribution in [1.29, 1.82) is 0 Å². The molecule has 0 bridgehead atoms. The second-order valence-corrected chi connectivity index (χ2v) is 8.21. The highest BCUT2D eigenvalue weighted by Crippen LogP contribution is 2.17. The van der Waals surface area contributed by atoms with Gasteiger partial charge in [0.2, 0.25) is 5.91 Å². The zero-order valence-corrected chi connectivity index (χ0v) is 17.7. The second-order valence-electron chi connectivity index (χ2n) is 6.48. The maximum absolute atomic E-state index is 12.0. The molecule has 0 saturated heterocycles. The largest absolute Gasteiger partial charge is 0.354 e. The number of hydrogen-bond acceptors (Lipinski definition) is 5. The first-order chi connectivity index (χ1) is 13.8. The summed E-state index contributed by atoms with van der Waals surface area (Å²) >= 11 is 7.19. The van der Waals surface area contributed by atoms with E-state index >= 15 is 0 Å². The molecular weight excluding hydrogens is 412 g/mol. The Morgan fingerprint density at radius 2 is 1.52 bits per heavy atom. The SMILES string of the molecule is Cc1ccc(C(=O)CCC(=O)CCC(=O)NCCNC(=O)c2ccc(Cl)cc2)s1. The number of Topliss-reactive ketones (excluding diaryl/α,β-unsaturated/α-hetero) is 2. The van der Waals surface area contributed by atoms with E-state index in [-0.39, 0.29) is 62.2 Å². The van der Waals surface area contributed by atoms with Gasteiger partial charge in [0, 0.05) is 54.2 Å². The Kier molecular flexibility index (Phi) is 9.02. The summed E-state index contributed by atoms with van der Waals surface area (Å²) in [7, 11) is 0. The molecule has 0 fully saturated rings. The Balaban J connectivity index is 1.57. The molecule has 8 heteroatoms. The van der Waals surface area contributed by atoms with Gasteiger partial charge in [-0.1, -0.05) is 11.6 Å². The van der Waals surface area contributed by atoms with E-state index in [1.807, 2.05) is 13.0 Å². The monoisotopic (exact) mass is 434 g/mol. The third-order valence-corrected chi connectivity index (χ3v) is 5.41. The van der Waals surface area contributed by atoms with Gasteiger partial charge in [-0.3, -0.25) is 19.2 Å². The van der Waals surface area contributed by atoms with E-state index in [0.29, 0.717) is 15.5 Å². The lowest BCUT2D eigenvalue weighted by molar-refractivity contribution is -0.125. The number of thiophene rings is 1. The number of benzene rings is 1. The number of rotatable bonds is 11. The van der Waals surface area contributed by atoms with Crippen LogP contribution < -0.4 is 10.6 Å². The Bertz CT molecular complexity index is 877. The molecule has 0 spiro atoms. The topological polar surface area (TPSA) is 92.3 Å². The van der Waals surface area contributed by atoms with Crippen LogP contribution in [0.15, 0.2) is 36.4 Å². The zero-order valence-electron chi connectivity index (χ0n) is 16.1. The molecule has 29 heavy (non-hydrogen) atoms. The molecular formula is C21H23ClN2O4S. The van der Waals surface area contributed by atoms with Gasteiger partial charge in [0.05, 0.1) is 4.88 Å². The molecule has 1 heterocycles. The van der Waals surface area contributed by atoms with Gasteiger partial charge < -0.3 is 10.6 Å². The van der Waals surface area contributed by atoms with Gasteiger partial charge in [0.25, 0.3) is 5.91 Å². The standard InChI is InChI=1S/C21H23ClN2O4S/c1-14-2-10-19(29-14)18(26)9-7-17(25)8-11-20(27)23-12-13-24-21(28)15-3-5-16(22)6-4-15/h2-6,10H,7-9,11-13H2,1H3,(H,23,27)(H,24,28). The van der Waals surface area contributed by atoms with Gasteiger partial charge in [0.15, 0.2) is 5.78 Å². The van der Waals surface area contributed by atoms with Crippen LogP contribution in [0.2, 0.25) is 5.02 Å². The molecule has 2 amide bonds. The summed E-state index contributed by atoms with van der Waals surface area (Å²) in [6.07, 6.45) is 0.466. The Morgan fingerprint density at radius 3 is 2.17 bits per heavy atom. The quantitative estimate of drug-likeness (QED) is 0.417. The van der Waals surface area contributed by atoms with Crippen molar-refractivity contribution in [3.05, 3.63) is 56.7 Å². The highest BCUT2D eigenvalue weighted by Gasteiger charge is 2.12. The summed E-state index contributed by atoms with van der Waals surface area (Å²) in [5.74, 6) is -0.675. The zero-order chi connectivity index (χ0) is 21.2.